The van der Waals surface area contributed by atoms with Gasteiger partial charge in [0.05, 0.1) is 0 Å². The van der Waals surface area contributed by atoms with Crippen LogP contribution in [-0.2, 0) is 9.53 Å². The average Bonchev–Trinajstić information content (AvgIpc) is 2.11. The van der Waals surface area contributed by atoms with E-state index in [0.29, 0.717) is 0 Å². The lowest BCUT2D eigenvalue weighted by Crippen LogP contribution is -2.40. The van der Waals surface area contributed by atoms with Crippen molar-refractivity contribution in [2.45, 2.75) is 12.2 Å². The van der Waals surface area contributed by atoms with Crippen LogP contribution in [0.25, 0.3) is 0 Å². The number of carboxylic acid groups (broad SMARTS) is 1. The first-order valence-corrected chi connectivity index (χ1v) is 3.41. The van der Waals surface area contributed by atoms with Crippen LogP contribution in [0.15, 0.2) is 12.7 Å². The summed E-state index contributed by atoms with van der Waals surface area (Å²) in [7, 11) is 0. The maximum Gasteiger partial charge on any atom is 0.335 e. The topological polar surface area (TPSA) is 111 Å². The van der Waals surface area contributed by atoms with Crippen molar-refractivity contribution in [3.05, 3.63) is 12.7 Å². The van der Waals surface area contributed by atoms with Gasteiger partial charge in [0, 0.05) is 0 Å². The second-order valence-electron chi connectivity index (χ2n) is 2.19. The molecule has 0 aromatic rings. The second kappa shape index (κ2) is 5.28. The van der Waals surface area contributed by atoms with Crippen LogP contribution in [0.1, 0.15) is 0 Å². The van der Waals surface area contributed by atoms with E-state index >= 15 is 0 Å². The van der Waals surface area contributed by atoms with E-state index in [0.717, 1.165) is 0 Å². The van der Waals surface area contributed by atoms with Gasteiger partial charge in [0.25, 0.3) is 0 Å². The zero-order valence-electron chi connectivity index (χ0n) is 6.80. The molecule has 0 bridgehead atoms. The Kier molecular flexibility index (Phi) is 4.71. The fraction of sp³-hybridized carbons (Fsp3) is 0.429. The van der Waals surface area contributed by atoms with Crippen LogP contribution in [0.3, 0.4) is 0 Å². The first-order valence-electron chi connectivity index (χ1n) is 3.41. The predicted octanol–water partition coefficient (Wildman–Crippen LogP) is -1.03. The van der Waals surface area contributed by atoms with Crippen molar-refractivity contribution in [3.63, 3.8) is 0 Å². The number of aliphatic hydroxyl groups excluding tert-OH is 2. The maximum atomic E-state index is 10.1. The van der Waals surface area contributed by atoms with E-state index in [9.17, 15) is 4.79 Å². The number of aliphatic hydroxyl groups is 2. The molecule has 0 aliphatic heterocycles. The maximum absolute atomic E-state index is 10.1. The van der Waals surface area contributed by atoms with Gasteiger partial charge in [-0.25, -0.2) is 4.79 Å². The number of aliphatic carboxylic acids is 1. The summed E-state index contributed by atoms with van der Waals surface area (Å²) in [5.41, 5.74) is 0. The third-order valence-electron chi connectivity index (χ3n) is 1.18. The van der Waals surface area contributed by atoms with Crippen molar-refractivity contribution in [2.24, 2.45) is 0 Å². The lowest BCUT2D eigenvalue weighted by molar-refractivity contribution is -0.150. The van der Waals surface area contributed by atoms with E-state index in [2.05, 4.69) is 11.3 Å². The molecule has 4 N–H and O–H groups in total. The van der Waals surface area contributed by atoms with E-state index in [1.807, 2.05) is 0 Å². The molecular weight excluding hydrogens is 178 g/mol. The zero-order valence-corrected chi connectivity index (χ0v) is 6.80. The van der Waals surface area contributed by atoms with Crippen LogP contribution in [-0.4, -0.2) is 46.0 Å². The molecule has 0 aliphatic rings. The van der Waals surface area contributed by atoms with Gasteiger partial charge in [-0.3, -0.25) is 5.41 Å². The number of hydrogen-bond acceptors (Lipinski definition) is 5. The van der Waals surface area contributed by atoms with Gasteiger partial charge < -0.3 is 20.1 Å². The highest BCUT2D eigenvalue weighted by Crippen LogP contribution is 1.97. The van der Waals surface area contributed by atoms with E-state index in [1.165, 1.54) is 6.08 Å². The minimum Gasteiger partial charge on any atom is -0.479 e. The molecule has 6 nitrogen and oxygen atoms in total. The van der Waals surface area contributed by atoms with Crippen LogP contribution < -0.4 is 0 Å². The molecular formula is C7H11NO5. The molecule has 6 heteroatoms. The molecule has 0 saturated carbocycles. The van der Waals surface area contributed by atoms with Crippen molar-refractivity contribution in [1.82, 2.24) is 0 Å². The first-order chi connectivity index (χ1) is 6.00. The van der Waals surface area contributed by atoms with Crippen molar-refractivity contribution < 1.29 is 24.9 Å². The average molecular weight is 189 g/mol. The Balaban J connectivity index is 4.08. The smallest absolute Gasteiger partial charge is 0.335 e. The molecule has 0 aliphatic carbocycles. The molecule has 0 heterocycles. The van der Waals surface area contributed by atoms with E-state index in [-0.39, 0.29) is 6.61 Å². The molecule has 0 fully saturated rings. The van der Waals surface area contributed by atoms with Crippen LogP contribution in [0.5, 0.6) is 0 Å². The summed E-state index contributed by atoms with van der Waals surface area (Å²) in [4.78, 5) is 10.1. The van der Waals surface area contributed by atoms with E-state index in [4.69, 9.17) is 20.7 Å². The normalized spacial score (nSPS) is 14.3. The largest absolute Gasteiger partial charge is 0.479 e. The minimum atomic E-state index is -2.04. The third kappa shape index (κ3) is 3.68. The number of hydrogen-bond donors (Lipinski definition) is 4. The number of rotatable bonds is 5. The fourth-order valence-electron chi connectivity index (χ4n) is 0.513. The van der Waals surface area contributed by atoms with Gasteiger partial charge >= 0.3 is 5.97 Å². The number of ether oxygens (including phenoxy) is 1. The van der Waals surface area contributed by atoms with Crippen LogP contribution in [0, 0.1) is 5.41 Å². The van der Waals surface area contributed by atoms with Gasteiger partial charge in [-0.1, -0.05) is 12.7 Å². The summed E-state index contributed by atoms with van der Waals surface area (Å²) < 4.78 is 4.52. The highest BCUT2D eigenvalue weighted by Gasteiger charge is 2.28. The monoisotopic (exact) mass is 189 g/mol. The van der Waals surface area contributed by atoms with Crippen molar-refractivity contribution in [2.75, 3.05) is 6.61 Å². The quantitative estimate of drug-likeness (QED) is 0.251. The number of carbonyl (C=O) groups is 1. The Bertz CT molecular complexity index is 215. The van der Waals surface area contributed by atoms with Crippen LogP contribution in [0.2, 0.25) is 0 Å². The number of carboxylic acids is 1. The van der Waals surface area contributed by atoms with Gasteiger partial charge in [0.2, 0.25) is 5.90 Å². The Morgan fingerprint density at radius 2 is 2.08 bits per heavy atom. The molecule has 0 rings (SSSR count). The SMILES string of the molecule is C=CCOC(=N)C(O)C(O)C(=O)O. The summed E-state index contributed by atoms with van der Waals surface area (Å²) in [6.45, 7) is 3.26. The molecule has 2 atom stereocenters. The summed E-state index contributed by atoms with van der Waals surface area (Å²) in [5.74, 6) is -2.31. The van der Waals surface area contributed by atoms with E-state index < -0.39 is 24.1 Å². The summed E-state index contributed by atoms with van der Waals surface area (Å²) in [6, 6.07) is 0. The fourth-order valence-corrected chi connectivity index (χ4v) is 0.513. The Morgan fingerprint density at radius 3 is 2.46 bits per heavy atom. The minimum absolute atomic E-state index is 0.0256. The molecule has 0 aromatic carbocycles. The van der Waals surface area contributed by atoms with Crippen LogP contribution >= 0.6 is 0 Å². The Morgan fingerprint density at radius 1 is 1.54 bits per heavy atom. The van der Waals surface area contributed by atoms with Gasteiger partial charge in [-0.2, -0.15) is 0 Å². The molecule has 0 radical (unpaired) electrons. The summed E-state index contributed by atoms with van der Waals surface area (Å²) in [5, 5.41) is 33.0. The summed E-state index contributed by atoms with van der Waals surface area (Å²) >= 11 is 0. The molecule has 0 spiro atoms. The first kappa shape index (κ1) is 11.6. The predicted molar refractivity (Wildman–Crippen MR) is 43.5 cm³/mol. The van der Waals surface area contributed by atoms with Gasteiger partial charge in [0.15, 0.2) is 12.2 Å². The van der Waals surface area contributed by atoms with Gasteiger partial charge in [-0.05, 0) is 0 Å². The molecule has 0 aromatic heterocycles. The lowest BCUT2D eigenvalue weighted by Gasteiger charge is -2.14. The molecule has 2 unspecified atom stereocenters. The van der Waals surface area contributed by atoms with Crippen LogP contribution in [0.4, 0.5) is 0 Å². The van der Waals surface area contributed by atoms with Gasteiger partial charge in [-0.15, -0.1) is 0 Å². The molecule has 13 heavy (non-hydrogen) atoms. The Hall–Kier alpha value is -1.40. The molecule has 0 saturated heterocycles. The van der Waals surface area contributed by atoms with Gasteiger partial charge in [0.1, 0.15) is 6.61 Å². The molecule has 74 valence electrons. The number of nitrogens with one attached hydrogen (secondary N) is 1. The lowest BCUT2D eigenvalue weighted by atomic mass is 10.2. The summed E-state index contributed by atoms with van der Waals surface area (Å²) in [6.07, 6.45) is -2.57. The zero-order chi connectivity index (χ0) is 10.4. The Labute approximate surface area is 74.6 Å². The highest BCUT2D eigenvalue weighted by molar-refractivity contribution is 5.85. The van der Waals surface area contributed by atoms with E-state index in [1.54, 1.807) is 0 Å². The second-order valence-corrected chi connectivity index (χ2v) is 2.19. The standard InChI is InChI=1S/C7H11NO5/c1-2-3-13-6(8)4(9)5(10)7(11)12/h2,4-5,8-10H,1,3H2,(H,11,12). The molecule has 0 amide bonds. The highest BCUT2D eigenvalue weighted by atomic mass is 16.5. The van der Waals surface area contributed by atoms with Crippen molar-refractivity contribution >= 4 is 11.9 Å². The van der Waals surface area contributed by atoms with Crippen molar-refractivity contribution in [1.29, 1.82) is 5.41 Å². The third-order valence-corrected chi connectivity index (χ3v) is 1.18. The van der Waals surface area contributed by atoms with Crippen molar-refractivity contribution in [3.8, 4) is 0 Å².